The molecule has 4 nitrogen and oxygen atoms in total. The molecule has 0 amide bonds. The first-order valence-corrected chi connectivity index (χ1v) is 6.69. The highest BCUT2D eigenvalue weighted by Gasteiger charge is 2.16. The van der Waals surface area contributed by atoms with E-state index in [1.807, 2.05) is 42.9 Å². The van der Waals surface area contributed by atoms with Crippen molar-refractivity contribution in [2.75, 3.05) is 17.7 Å². The second-order valence-corrected chi connectivity index (χ2v) is 4.99. The topological polar surface area (TPSA) is 47.1 Å². The van der Waals surface area contributed by atoms with E-state index in [1.54, 1.807) is 0 Å². The molecule has 0 radical (unpaired) electrons. The van der Waals surface area contributed by atoms with E-state index in [0.717, 1.165) is 34.3 Å². The number of nitrogens with two attached hydrogens (primary N) is 1. The second kappa shape index (κ2) is 5.53. The highest BCUT2D eigenvalue weighted by Crippen LogP contribution is 2.27. The van der Waals surface area contributed by atoms with E-state index in [2.05, 4.69) is 16.9 Å². The summed E-state index contributed by atoms with van der Waals surface area (Å²) >= 11 is 6.19. The lowest BCUT2D eigenvalue weighted by molar-refractivity contribution is 0.640. The van der Waals surface area contributed by atoms with Gasteiger partial charge in [-0.3, -0.25) is 0 Å². The van der Waals surface area contributed by atoms with Gasteiger partial charge in [-0.25, -0.2) is 4.68 Å². The average Bonchev–Trinajstić information content (AvgIpc) is 2.68. The first-order valence-electron chi connectivity index (χ1n) is 6.32. The molecule has 0 bridgehead atoms. The molecule has 5 heteroatoms. The van der Waals surface area contributed by atoms with Crippen molar-refractivity contribution in [2.24, 2.45) is 0 Å². The largest absolute Gasteiger partial charge is 0.394 e. The molecule has 19 heavy (non-hydrogen) atoms. The van der Waals surface area contributed by atoms with Gasteiger partial charge >= 0.3 is 0 Å². The SMILES string of the molecule is CCn1nc(C)c(N)c1N(C)Cc1ccccc1Cl. The smallest absolute Gasteiger partial charge is 0.150 e. The van der Waals surface area contributed by atoms with Crippen molar-refractivity contribution >= 4 is 23.1 Å². The molecule has 2 N–H and O–H groups in total. The van der Waals surface area contributed by atoms with E-state index in [4.69, 9.17) is 17.3 Å². The Morgan fingerprint density at radius 2 is 2.05 bits per heavy atom. The van der Waals surface area contributed by atoms with Gasteiger partial charge in [-0.1, -0.05) is 29.8 Å². The number of benzene rings is 1. The Morgan fingerprint density at radius 1 is 1.37 bits per heavy atom. The van der Waals surface area contributed by atoms with Gasteiger partial charge in [-0.2, -0.15) is 5.10 Å². The van der Waals surface area contributed by atoms with Gasteiger partial charge < -0.3 is 10.6 Å². The van der Waals surface area contributed by atoms with Gasteiger partial charge in [0.1, 0.15) is 0 Å². The van der Waals surface area contributed by atoms with Crippen molar-refractivity contribution in [3.05, 3.63) is 40.5 Å². The zero-order chi connectivity index (χ0) is 14.0. The van der Waals surface area contributed by atoms with Crippen LogP contribution >= 0.6 is 11.6 Å². The number of rotatable bonds is 4. The number of anilines is 2. The van der Waals surface area contributed by atoms with Crippen LogP contribution in [0.4, 0.5) is 11.5 Å². The fraction of sp³-hybridized carbons (Fsp3) is 0.357. The molecule has 2 rings (SSSR count). The highest BCUT2D eigenvalue weighted by atomic mass is 35.5. The third-order valence-electron chi connectivity index (χ3n) is 3.17. The Kier molecular flexibility index (Phi) is 4.00. The van der Waals surface area contributed by atoms with Crippen LogP contribution in [0.25, 0.3) is 0 Å². The molecule has 102 valence electrons. The summed E-state index contributed by atoms with van der Waals surface area (Å²) in [7, 11) is 2.00. The summed E-state index contributed by atoms with van der Waals surface area (Å²) < 4.78 is 1.92. The van der Waals surface area contributed by atoms with Crippen LogP contribution in [-0.2, 0) is 13.1 Å². The molecule has 0 saturated heterocycles. The van der Waals surface area contributed by atoms with Crippen molar-refractivity contribution in [1.82, 2.24) is 9.78 Å². The molecule has 1 aromatic heterocycles. The minimum absolute atomic E-state index is 0.703. The van der Waals surface area contributed by atoms with E-state index < -0.39 is 0 Å². The zero-order valence-electron chi connectivity index (χ0n) is 11.5. The molecule has 0 spiro atoms. The Bertz CT molecular complexity index is 577. The van der Waals surface area contributed by atoms with Crippen LogP contribution in [-0.4, -0.2) is 16.8 Å². The molecule has 0 aliphatic heterocycles. The molecule has 0 aliphatic carbocycles. The van der Waals surface area contributed by atoms with Crippen LogP contribution in [0, 0.1) is 6.92 Å². The summed E-state index contributed by atoms with van der Waals surface area (Å²) in [4.78, 5) is 2.08. The van der Waals surface area contributed by atoms with Crippen molar-refractivity contribution in [2.45, 2.75) is 26.9 Å². The van der Waals surface area contributed by atoms with Gasteiger partial charge in [0, 0.05) is 25.2 Å². The molecule has 0 unspecified atom stereocenters. The molecule has 0 aliphatic rings. The lowest BCUT2D eigenvalue weighted by atomic mass is 10.2. The van der Waals surface area contributed by atoms with Gasteiger partial charge in [-0.05, 0) is 25.5 Å². The Balaban J connectivity index is 2.30. The predicted octanol–water partition coefficient (Wildman–Crippen LogP) is 3.08. The summed E-state index contributed by atoms with van der Waals surface area (Å²) in [5.41, 5.74) is 8.79. The molecule has 0 saturated carbocycles. The quantitative estimate of drug-likeness (QED) is 0.935. The second-order valence-electron chi connectivity index (χ2n) is 4.59. The van der Waals surface area contributed by atoms with E-state index in [9.17, 15) is 0 Å². The number of hydrogen-bond donors (Lipinski definition) is 1. The van der Waals surface area contributed by atoms with Gasteiger partial charge in [-0.15, -0.1) is 0 Å². The minimum atomic E-state index is 0.703. The zero-order valence-corrected chi connectivity index (χ0v) is 12.3. The Hall–Kier alpha value is -1.68. The molecule has 1 heterocycles. The maximum absolute atomic E-state index is 6.19. The third kappa shape index (κ3) is 2.68. The Labute approximate surface area is 118 Å². The monoisotopic (exact) mass is 278 g/mol. The Morgan fingerprint density at radius 3 is 2.68 bits per heavy atom. The standard InChI is InChI=1S/C14H19ClN4/c1-4-19-14(13(16)10(2)17-19)18(3)9-11-7-5-6-8-12(11)15/h5-8H,4,9,16H2,1-3H3. The summed E-state index contributed by atoms with van der Waals surface area (Å²) in [5.74, 6) is 0.944. The molecule has 1 aromatic carbocycles. The van der Waals surface area contributed by atoms with Gasteiger partial charge in [0.25, 0.3) is 0 Å². The first-order chi connectivity index (χ1) is 9.04. The van der Waals surface area contributed by atoms with Crippen LogP contribution in [0.3, 0.4) is 0 Å². The molecule has 0 fully saturated rings. The van der Waals surface area contributed by atoms with Crippen LogP contribution < -0.4 is 10.6 Å². The number of nitrogen functional groups attached to an aromatic ring is 1. The van der Waals surface area contributed by atoms with Gasteiger partial charge in [0.15, 0.2) is 5.82 Å². The van der Waals surface area contributed by atoms with Crippen LogP contribution in [0.2, 0.25) is 5.02 Å². The summed E-state index contributed by atoms with van der Waals surface area (Å²) in [6, 6.07) is 7.84. The minimum Gasteiger partial charge on any atom is -0.394 e. The number of nitrogens with zero attached hydrogens (tertiary/aromatic N) is 3. The third-order valence-corrected chi connectivity index (χ3v) is 3.54. The number of halogens is 1. The van der Waals surface area contributed by atoms with Crippen molar-refractivity contribution in [3.8, 4) is 0 Å². The fourth-order valence-electron chi connectivity index (χ4n) is 2.16. The first kappa shape index (κ1) is 13.7. The van der Waals surface area contributed by atoms with E-state index in [0.29, 0.717) is 6.54 Å². The van der Waals surface area contributed by atoms with Crippen LogP contribution in [0.5, 0.6) is 0 Å². The van der Waals surface area contributed by atoms with Gasteiger partial charge in [0.2, 0.25) is 0 Å². The normalized spacial score (nSPS) is 10.7. The van der Waals surface area contributed by atoms with Gasteiger partial charge in [0.05, 0.1) is 11.4 Å². The molecular formula is C14H19ClN4. The predicted molar refractivity (Wildman–Crippen MR) is 80.6 cm³/mol. The summed E-state index contributed by atoms with van der Waals surface area (Å²) in [6.07, 6.45) is 0. The average molecular weight is 279 g/mol. The van der Waals surface area contributed by atoms with Crippen LogP contribution in [0.1, 0.15) is 18.2 Å². The van der Waals surface area contributed by atoms with E-state index in [1.165, 1.54) is 0 Å². The van der Waals surface area contributed by atoms with Crippen molar-refractivity contribution in [1.29, 1.82) is 0 Å². The lowest BCUT2D eigenvalue weighted by Gasteiger charge is -2.21. The molecule has 2 aromatic rings. The number of hydrogen-bond acceptors (Lipinski definition) is 3. The summed E-state index contributed by atoms with van der Waals surface area (Å²) in [6.45, 7) is 5.47. The van der Waals surface area contributed by atoms with E-state index >= 15 is 0 Å². The number of aryl methyl sites for hydroxylation is 2. The fourth-order valence-corrected chi connectivity index (χ4v) is 2.36. The number of aromatic nitrogens is 2. The highest BCUT2D eigenvalue weighted by molar-refractivity contribution is 6.31. The van der Waals surface area contributed by atoms with Crippen molar-refractivity contribution in [3.63, 3.8) is 0 Å². The molecule has 0 atom stereocenters. The van der Waals surface area contributed by atoms with Crippen molar-refractivity contribution < 1.29 is 0 Å². The molecular weight excluding hydrogens is 260 g/mol. The summed E-state index contributed by atoms with van der Waals surface area (Å²) in [5, 5.41) is 5.20. The maximum atomic E-state index is 6.19. The van der Waals surface area contributed by atoms with Crippen LogP contribution in [0.15, 0.2) is 24.3 Å². The van der Waals surface area contributed by atoms with E-state index in [-0.39, 0.29) is 0 Å². The lowest BCUT2D eigenvalue weighted by Crippen LogP contribution is -2.21. The maximum Gasteiger partial charge on any atom is 0.150 e.